The Morgan fingerprint density at radius 2 is 1.75 bits per heavy atom. The summed E-state index contributed by atoms with van der Waals surface area (Å²) in [5.74, 6) is -2.13. The Labute approximate surface area is 210 Å². The number of nitriles is 1. The first kappa shape index (κ1) is 24.7. The summed E-state index contributed by atoms with van der Waals surface area (Å²) in [6.07, 6.45) is 0.700. The Kier molecular flexibility index (Phi) is 7.76. The molecular formula is C29H27N3O4. The summed E-state index contributed by atoms with van der Waals surface area (Å²) in [4.78, 5) is 39.3. The van der Waals surface area contributed by atoms with Gasteiger partial charge < -0.3 is 15.3 Å². The highest BCUT2D eigenvalue weighted by Gasteiger charge is 2.31. The van der Waals surface area contributed by atoms with Crippen LogP contribution in [0.2, 0.25) is 0 Å². The molecule has 1 aliphatic rings. The number of hydrogen-bond donors (Lipinski definition) is 2. The molecule has 1 atom stereocenters. The first-order valence-electron chi connectivity index (χ1n) is 11.9. The quantitative estimate of drug-likeness (QED) is 0.510. The topological polar surface area (TPSA) is 111 Å². The average molecular weight is 482 g/mol. The standard InChI is InChI=1S/C29H27N3O4/c30-17-21-6-8-22(9-7-21)18-31-28(35)23-10-11-24-19-32(13-12-20-4-2-1-3-5-20)29(36)26(16-27(33)34)15-25(24)14-23/h1-11,14,26H,12-13,15-16,18-19H2,(H,31,35)(H,33,34)/t26-/m1/s1. The van der Waals surface area contributed by atoms with Crippen molar-refractivity contribution >= 4 is 17.8 Å². The van der Waals surface area contributed by atoms with Gasteiger partial charge >= 0.3 is 5.97 Å². The second-order valence-electron chi connectivity index (χ2n) is 8.97. The average Bonchev–Trinajstić information content (AvgIpc) is 3.02. The summed E-state index contributed by atoms with van der Waals surface area (Å²) in [7, 11) is 0. The van der Waals surface area contributed by atoms with E-state index in [4.69, 9.17) is 5.26 Å². The van der Waals surface area contributed by atoms with Gasteiger partial charge in [0.05, 0.1) is 24.0 Å². The highest BCUT2D eigenvalue weighted by molar-refractivity contribution is 5.94. The molecule has 1 aliphatic heterocycles. The molecule has 0 bridgehead atoms. The SMILES string of the molecule is N#Cc1ccc(CNC(=O)c2ccc3c(c2)C[C@H](CC(=O)O)C(=O)N(CCc2ccccc2)C3)cc1. The van der Waals surface area contributed by atoms with Crippen LogP contribution in [0.15, 0.2) is 72.8 Å². The first-order valence-corrected chi connectivity index (χ1v) is 11.9. The van der Waals surface area contributed by atoms with Gasteiger partial charge in [0.15, 0.2) is 0 Å². The van der Waals surface area contributed by atoms with Crippen molar-refractivity contribution in [2.75, 3.05) is 6.54 Å². The zero-order valence-corrected chi connectivity index (χ0v) is 19.8. The van der Waals surface area contributed by atoms with Crippen LogP contribution in [-0.4, -0.2) is 34.3 Å². The van der Waals surface area contributed by atoms with E-state index in [0.717, 1.165) is 22.3 Å². The molecule has 0 aliphatic carbocycles. The summed E-state index contributed by atoms with van der Waals surface area (Å²) < 4.78 is 0. The Bertz CT molecular complexity index is 1300. The third-order valence-electron chi connectivity index (χ3n) is 6.43. The van der Waals surface area contributed by atoms with E-state index < -0.39 is 11.9 Å². The number of carbonyl (C=O) groups is 3. The van der Waals surface area contributed by atoms with Crippen LogP contribution in [0.4, 0.5) is 0 Å². The zero-order valence-electron chi connectivity index (χ0n) is 19.8. The molecule has 0 saturated heterocycles. The fourth-order valence-corrected chi connectivity index (χ4v) is 4.46. The van der Waals surface area contributed by atoms with E-state index in [1.165, 1.54) is 0 Å². The van der Waals surface area contributed by atoms with Gasteiger partial charge in [-0.3, -0.25) is 14.4 Å². The van der Waals surface area contributed by atoms with Gasteiger partial charge in [0.25, 0.3) is 5.91 Å². The van der Waals surface area contributed by atoms with Gasteiger partial charge in [-0.15, -0.1) is 0 Å². The fraction of sp³-hybridized carbons (Fsp3) is 0.241. The van der Waals surface area contributed by atoms with Crippen LogP contribution >= 0.6 is 0 Å². The van der Waals surface area contributed by atoms with Crippen molar-refractivity contribution in [3.05, 3.63) is 106 Å². The molecule has 1 heterocycles. The van der Waals surface area contributed by atoms with Crippen LogP contribution in [0.25, 0.3) is 0 Å². The molecule has 7 nitrogen and oxygen atoms in total. The zero-order chi connectivity index (χ0) is 25.5. The summed E-state index contributed by atoms with van der Waals surface area (Å²) in [6, 6.07) is 24.3. The molecule has 7 heteroatoms. The first-order chi connectivity index (χ1) is 17.4. The molecule has 36 heavy (non-hydrogen) atoms. The Morgan fingerprint density at radius 1 is 1.00 bits per heavy atom. The van der Waals surface area contributed by atoms with Crippen LogP contribution in [0.3, 0.4) is 0 Å². The number of nitrogens with zero attached hydrogens (tertiary/aromatic N) is 2. The molecule has 2 amide bonds. The molecule has 0 radical (unpaired) electrons. The van der Waals surface area contributed by atoms with Crippen LogP contribution < -0.4 is 5.32 Å². The van der Waals surface area contributed by atoms with Gasteiger partial charge in [0.2, 0.25) is 5.91 Å². The van der Waals surface area contributed by atoms with Crippen LogP contribution in [0, 0.1) is 17.2 Å². The maximum Gasteiger partial charge on any atom is 0.304 e. The molecule has 0 spiro atoms. The van der Waals surface area contributed by atoms with Gasteiger partial charge in [-0.25, -0.2) is 0 Å². The monoisotopic (exact) mass is 481 g/mol. The molecule has 2 N–H and O–H groups in total. The molecular weight excluding hydrogens is 454 g/mol. The van der Waals surface area contributed by atoms with E-state index in [-0.39, 0.29) is 24.7 Å². The molecule has 0 aromatic heterocycles. The largest absolute Gasteiger partial charge is 0.481 e. The highest BCUT2D eigenvalue weighted by atomic mass is 16.4. The van der Waals surface area contributed by atoms with E-state index in [0.29, 0.717) is 37.2 Å². The number of fused-ring (bicyclic) bond motifs is 1. The molecule has 0 unspecified atom stereocenters. The number of amides is 2. The van der Waals surface area contributed by atoms with Crippen LogP contribution in [0.5, 0.6) is 0 Å². The second-order valence-corrected chi connectivity index (χ2v) is 8.97. The third kappa shape index (κ3) is 6.16. The summed E-state index contributed by atoms with van der Waals surface area (Å²) in [6.45, 7) is 1.19. The van der Waals surface area contributed by atoms with Crippen molar-refractivity contribution in [3.63, 3.8) is 0 Å². The number of carboxylic acids is 1. The lowest BCUT2D eigenvalue weighted by Gasteiger charge is -2.24. The van der Waals surface area contributed by atoms with Crippen LogP contribution in [-0.2, 0) is 35.5 Å². The van der Waals surface area contributed by atoms with Gasteiger partial charge in [-0.05, 0) is 59.4 Å². The minimum atomic E-state index is -1.02. The van der Waals surface area contributed by atoms with Crippen LogP contribution in [0.1, 0.15) is 44.6 Å². The lowest BCUT2D eigenvalue weighted by Crippen LogP contribution is -2.37. The minimum absolute atomic E-state index is 0.170. The number of carbonyl (C=O) groups excluding carboxylic acids is 2. The van der Waals surface area contributed by atoms with Crippen molar-refractivity contribution in [1.82, 2.24) is 10.2 Å². The van der Waals surface area contributed by atoms with Crippen molar-refractivity contribution in [1.29, 1.82) is 5.26 Å². The smallest absolute Gasteiger partial charge is 0.304 e. The maximum atomic E-state index is 13.3. The molecule has 182 valence electrons. The van der Waals surface area contributed by atoms with Gasteiger partial charge in [0.1, 0.15) is 0 Å². The number of aliphatic carboxylic acids is 1. The van der Waals surface area contributed by atoms with Crippen molar-refractivity contribution in [3.8, 4) is 6.07 Å². The van der Waals surface area contributed by atoms with E-state index >= 15 is 0 Å². The number of rotatable bonds is 8. The van der Waals surface area contributed by atoms with E-state index in [2.05, 4.69) is 11.4 Å². The van der Waals surface area contributed by atoms with E-state index in [1.807, 2.05) is 36.4 Å². The van der Waals surface area contributed by atoms with Crippen molar-refractivity contribution in [2.45, 2.75) is 32.4 Å². The molecule has 3 aromatic rings. The second kappa shape index (κ2) is 11.3. The summed E-state index contributed by atoms with van der Waals surface area (Å²) in [5, 5.41) is 21.2. The van der Waals surface area contributed by atoms with Gasteiger partial charge in [-0.2, -0.15) is 5.26 Å². The molecule has 3 aromatic carbocycles. The predicted octanol–water partition coefficient (Wildman–Crippen LogP) is 3.71. The molecule has 4 rings (SSSR count). The lowest BCUT2D eigenvalue weighted by atomic mass is 9.93. The lowest BCUT2D eigenvalue weighted by molar-refractivity contribution is -0.144. The Morgan fingerprint density at radius 3 is 2.44 bits per heavy atom. The fourth-order valence-electron chi connectivity index (χ4n) is 4.46. The van der Waals surface area contributed by atoms with E-state index in [9.17, 15) is 19.5 Å². The number of nitrogens with one attached hydrogen (secondary N) is 1. The number of carboxylic acid groups (broad SMARTS) is 1. The highest BCUT2D eigenvalue weighted by Crippen LogP contribution is 2.26. The third-order valence-corrected chi connectivity index (χ3v) is 6.43. The van der Waals surface area contributed by atoms with Gasteiger partial charge in [0, 0.05) is 25.2 Å². The van der Waals surface area contributed by atoms with Crippen molar-refractivity contribution in [2.24, 2.45) is 5.92 Å². The normalized spacial score (nSPS) is 14.9. The molecule has 0 fully saturated rings. The molecule has 0 saturated carbocycles. The number of benzene rings is 3. The minimum Gasteiger partial charge on any atom is -0.481 e. The summed E-state index contributed by atoms with van der Waals surface area (Å²) >= 11 is 0. The Balaban J connectivity index is 1.50. The maximum absolute atomic E-state index is 13.3. The van der Waals surface area contributed by atoms with Crippen molar-refractivity contribution < 1.29 is 19.5 Å². The predicted molar refractivity (Wildman–Crippen MR) is 134 cm³/mol. The van der Waals surface area contributed by atoms with E-state index in [1.54, 1.807) is 41.3 Å². The number of hydrogen-bond acceptors (Lipinski definition) is 4. The van der Waals surface area contributed by atoms with Gasteiger partial charge in [-0.1, -0.05) is 48.5 Å². The summed E-state index contributed by atoms with van der Waals surface area (Å²) in [5.41, 5.74) is 4.74. The Hall–Kier alpha value is -4.44.